The van der Waals surface area contributed by atoms with E-state index in [0.717, 1.165) is 11.1 Å². The topological polar surface area (TPSA) is 17.1 Å². The van der Waals surface area contributed by atoms with E-state index in [1.54, 1.807) is 12.1 Å². The lowest BCUT2D eigenvalue weighted by Crippen LogP contribution is -2.07. The third kappa shape index (κ3) is 3.75. The summed E-state index contributed by atoms with van der Waals surface area (Å²) in [5, 5.41) is 0. The summed E-state index contributed by atoms with van der Waals surface area (Å²) in [5.41, 5.74) is 4.16. The van der Waals surface area contributed by atoms with Gasteiger partial charge in [0.05, 0.1) is 0 Å². The molecule has 0 aliphatic heterocycles. The predicted molar refractivity (Wildman–Crippen MR) is 74.7 cm³/mol. The molecular formula is C17H17FO. The van der Waals surface area contributed by atoms with Gasteiger partial charge in [-0.1, -0.05) is 30.3 Å². The van der Waals surface area contributed by atoms with Crippen molar-refractivity contribution >= 4 is 5.78 Å². The second kappa shape index (κ2) is 5.79. The van der Waals surface area contributed by atoms with Crippen molar-refractivity contribution < 1.29 is 9.18 Å². The molecule has 0 saturated heterocycles. The molecule has 0 aliphatic carbocycles. The third-order valence-electron chi connectivity index (χ3n) is 3.26. The molecule has 2 aromatic carbocycles. The zero-order valence-electron chi connectivity index (χ0n) is 11.2. The number of hydrogen-bond donors (Lipinski definition) is 0. The number of Topliss-reactive ketones (excluding diaryl/α,β-unsaturated/α-hetero) is 1. The Hall–Kier alpha value is -1.96. The van der Waals surface area contributed by atoms with Gasteiger partial charge in [-0.15, -0.1) is 0 Å². The highest BCUT2D eigenvalue weighted by Crippen LogP contribution is 2.12. The van der Waals surface area contributed by atoms with Crippen LogP contribution in [0.4, 0.5) is 4.39 Å². The number of carbonyl (C=O) groups is 1. The van der Waals surface area contributed by atoms with Gasteiger partial charge in [0.2, 0.25) is 0 Å². The molecule has 0 aromatic heterocycles. The van der Waals surface area contributed by atoms with E-state index in [1.807, 2.05) is 32.0 Å². The van der Waals surface area contributed by atoms with Gasteiger partial charge in [-0.3, -0.25) is 4.79 Å². The molecule has 0 aliphatic rings. The van der Waals surface area contributed by atoms with Crippen molar-refractivity contribution in [3.8, 4) is 0 Å². The van der Waals surface area contributed by atoms with Gasteiger partial charge in [0.25, 0.3) is 0 Å². The van der Waals surface area contributed by atoms with Crippen LogP contribution in [0.25, 0.3) is 0 Å². The van der Waals surface area contributed by atoms with Crippen LogP contribution < -0.4 is 0 Å². The van der Waals surface area contributed by atoms with Crippen molar-refractivity contribution in [2.75, 3.05) is 0 Å². The van der Waals surface area contributed by atoms with E-state index in [0.29, 0.717) is 6.42 Å². The predicted octanol–water partition coefficient (Wildman–Crippen LogP) is 3.80. The summed E-state index contributed by atoms with van der Waals surface area (Å²) in [5.74, 6) is -0.190. The Morgan fingerprint density at radius 1 is 0.947 bits per heavy atom. The van der Waals surface area contributed by atoms with Gasteiger partial charge < -0.3 is 0 Å². The van der Waals surface area contributed by atoms with E-state index in [9.17, 15) is 9.18 Å². The van der Waals surface area contributed by atoms with Gasteiger partial charge in [0.15, 0.2) is 0 Å². The SMILES string of the molecule is Cc1ccc(CC(=O)Cc2cccc(F)c2)cc1C. The Labute approximate surface area is 113 Å². The molecule has 0 heterocycles. The quantitative estimate of drug-likeness (QED) is 0.813. The van der Waals surface area contributed by atoms with Crippen molar-refractivity contribution in [2.24, 2.45) is 0 Å². The van der Waals surface area contributed by atoms with Crippen LogP contribution in [-0.4, -0.2) is 5.78 Å². The molecule has 0 spiro atoms. The summed E-state index contributed by atoms with van der Waals surface area (Å²) in [7, 11) is 0. The van der Waals surface area contributed by atoms with Crippen LogP contribution in [0.5, 0.6) is 0 Å². The molecule has 2 rings (SSSR count). The lowest BCUT2D eigenvalue weighted by molar-refractivity contribution is -0.117. The number of hydrogen-bond acceptors (Lipinski definition) is 1. The number of aryl methyl sites for hydroxylation is 2. The number of halogens is 1. The highest BCUT2D eigenvalue weighted by Gasteiger charge is 2.06. The molecule has 0 saturated carbocycles. The summed E-state index contributed by atoms with van der Waals surface area (Å²) in [6, 6.07) is 12.3. The highest BCUT2D eigenvalue weighted by molar-refractivity contribution is 5.83. The van der Waals surface area contributed by atoms with Crippen LogP contribution in [0.1, 0.15) is 22.3 Å². The molecule has 2 heteroatoms. The fourth-order valence-corrected chi connectivity index (χ4v) is 2.08. The first kappa shape index (κ1) is 13.5. The molecule has 0 amide bonds. The van der Waals surface area contributed by atoms with Gasteiger partial charge in [0.1, 0.15) is 11.6 Å². The molecule has 98 valence electrons. The van der Waals surface area contributed by atoms with Gasteiger partial charge in [-0.25, -0.2) is 4.39 Å². The van der Waals surface area contributed by atoms with Crippen LogP contribution in [0, 0.1) is 19.7 Å². The summed E-state index contributed by atoms with van der Waals surface area (Å²) in [6.07, 6.45) is 0.683. The highest BCUT2D eigenvalue weighted by atomic mass is 19.1. The largest absolute Gasteiger partial charge is 0.299 e. The van der Waals surface area contributed by atoms with E-state index >= 15 is 0 Å². The first-order chi connectivity index (χ1) is 9.04. The van der Waals surface area contributed by atoms with Gasteiger partial charge in [-0.2, -0.15) is 0 Å². The van der Waals surface area contributed by atoms with Crippen LogP contribution in [-0.2, 0) is 17.6 Å². The van der Waals surface area contributed by atoms with Gasteiger partial charge in [0, 0.05) is 12.8 Å². The number of rotatable bonds is 4. The lowest BCUT2D eigenvalue weighted by Gasteiger charge is -2.05. The van der Waals surface area contributed by atoms with Crippen LogP contribution >= 0.6 is 0 Å². The molecule has 0 bridgehead atoms. The second-order valence-corrected chi connectivity index (χ2v) is 4.94. The summed E-state index contributed by atoms with van der Waals surface area (Å²) >= 11 is 0. The molecule has 0 unspecified atom stereocenters. The number of benzene rings is 2. The van der Waals surface area contributed by atoms with Crippen LogP contribution in [0.3, 0.4) is 0 Å². The molecule has 0 atom stereocenters. The van der Waals surface area contributed by atoms with Crippen molar-refractivity contribution in [1.82, 2.24) is 0 Å². The second-order valence-electron chi connectivity index (χ2n) is 4.94. The standard InChI is InChI=1S/C17H17FO/c1-12-6-7-15(8-13(12)2)11-17(19)10-14-4-3-5-16(18)9-14/h3-9H,10-11H2,1-2H3. The Morgan fingerprint density at radius 3 is 2.26 bits per heavy atom. The maximum absolute atomic E-state index is 13.0. The smallest absolute Gasteiger partial charge is 0.141 e. The lowest BCUT2D eigenvalue weighted by atomic mass is 9.99. The molecule has 0 radical (unpaired) electrons. The summed E-state index contributed by atoms with van der Waals surface area (Å²) < 4.78 is 13.0. The molecule has 1 nitrogen and oxygen atoms in total. The minimum atomic E-state index is -0.295. The van der Waals surface area contributed by atoms with E-state index in [4.69, 9.17) is 0 Å². The fourth-order valence-electron chi connectivity index (χ4n) is 2.08. The Kier molecular flexibility index (Phi) is 4.10. The summed E-state index contributed by atoms with van der Waals surface area (Å²) in [4.78, 5) is 12.0. The summed E-state index contributed by atoms with van der Waals surface area (Å²) in [6.45, 7) is 4.09. The number of ketones is 1. The van der Waals surface area contributed by atoms with Crippen molar-refractivity contribution in [3.63, 3.8) is 0 Å². The molecule has 0 N–H and O–H groups in total. The van der Waals surface area contributed by atoms with Gasteiger partial charge in [-0.05, 0) is 48.2 Å². The monoisotopic (exact) mass is 256 g/mol. The van der Waals surface area contributed by atoms with Crippen LogP contribution in [0.2, 0.25) is 0 Å². The first-order valence-corrected chi connectivity index (χ1v) is 6.37. The van der Waals surface area contributed by atoms with Crippen molar-refractivity contribution in [3.05, 3.63) is 70.5 Å². The maximum Gasteiger partial charge on any atom is 0.141 e. The number of carbonyl (C=O) groups excluding carboxylic acids is 1. The Morgan fingerprint density at radius 2 is 1.63 bits per heavy atom. The molecular weight excluding hydrogens is 239 g/mol. The zero-order chi connectivity index (χ0) is 13.8. The Balaban J connectivity index is 2.03. The van der Waals surface area contributed by atoms with E-state index in [-0.39, 0.29) is 18.0 Å². The van der Waals surface area contributed by atoms with E-state index in [2.05, 4.69) is 0 Å². The first-order valence-electron chi connectivity index (χ1n) is 6.37. The minimum Gasteiger partial charge on any atom is -0.299 e. The molecule has 19 heavy (non-hydrogen) atoms. The average Bonchev–Trinajstić information content (AvgIpc) is 2.34. The third-order valence-corrected chi connectivity index (χ3v) is 3.26. The fraction of sp³-hybridized carbons (Fsp3) is 0.235. The normalized spacial score (nSPS) is 10.5. The average molecular weight is 256 g/mol. The van der Waals surface area contributed by atoms with Crippen molar-refractivity contribution in [1.29, 1.82) is 0 Å². The van der Waals surface area contributed by atoms with E-state index in [1.165, 1.54) is 23.3 Å². The zero-order valence-corrected chi connectivity index (χ0v) is 11.2. The molecule has 2 aromatic rings. The molecule has 0 fully saturated rings. The minimum absolute atomic E-state index is 0.105. The van der Waals surface area contributed by atoms with E-state index < -0.39 is 0 Å². The van der Waals surface area contributed by atoms with Crippen molar-refractivity contribution in [2.45, 2.75) is 26.7 Å². The maximum atomic E-state index is 13.0. The van der Waals surface area contributed by atoms with Gasteiger partial charge >= 0.3 is 0 Å². The Bertz CT molecular complexity index is 602. The van der Waals surface area contributed by atoms with Crippen LogP contribution in [0.15, 0.2) is 42.5 Å².